The summed E-state index contributed by atoms with van der Waals surface area (Å²) in [4.78, 5) is 9.71. The van der Waals surface area contributed by atoms with Crippen molar-refractivity contribution in [3.8, 4) is 11.8 Å². The molecule has 0 aliphatic rings. The second kappa shape index (κ2) is 10.0. The van der Waals surface area contributed by atoms with Crippen LogP contribution in [0.2, 0.25) is 0 Å². The second-order valence-corrected chi connectivity index (χ2v) is 2.53. The molecule has 2 heteroatoms. The maximum atomic E-state index is 9.71. The molecular formula is C10H16O2. The molecule has 0 aliphatic heterocycles. The Morgan fingerprint density at radius 2 is 2.00 bits per heavy atom. The minimum atomic E-state index is 0.421. The minimum Gasteiger partial charge on any atom is -0.467 e. The van der Waals surface area contributed by atoms with Crippen LogP contribution in [0, 0.1) is 11.8 Å². The largest absolute Gasteiger partial charge is 0.467 e. The quantitative estimate of drug-likeness (QED) is 0.345. The molecule has 0 aliphatic carbocycles. The van der Waals surface area contributed by atoms with Crippen LogP contribution in [0.1, 0.15) is 39.0 Å². The summed E-state index contributed by atoms with van der Waals surface area (Å²) in [5.41, 5.74) is 0. The predicted octanol–water partition coefficient (Wildman–Crippen LogP) is 2.13. The molecule has 68 valence electrons. The monoisotopic (exact) mass is 168 g/mol. The van der Waals surface area contributed by atoms with Crippen LogP contribution >= 0.6 is 0 Å². The van der Waals surface area contributed by atoms with E-state index >= 15 is 0 Å². The van der Waals surface area contributed by atoms with Crippen LogP contribution in [0.5, 0.6) is 0 Å². The van der Waals surface area contributed by atoms with Gasteiger partial charge in [0.25, 0.3) is 6.47 Å². The lowest BCUT2D eigenvalue weighted by atomic mass is 10.2. The zero-order valence-corrected chi connectivity index (χ0v) is 7.64. The van der Waals surface area contributed by atoms with Crippen LogP contribution in [-0.4, -0.2) is 13.1 Å². The van der Waals surface area contributed by atoms with Crippen molar-refractivity contribution < 1.29 is 9.53 Å². The van der Waals surface area contributed by atoms with Crippen LogP contribution in [0.4, 0.5) is 0 Å². The molecule has 0 unspecified atom stereocenters. The summed E-state index contributed by atoms with van der Waals surface area (Å²) in [5, 5.41) is 0. The summed E-state index contributed by atoms with van der Waals surface area (Å²) in [5.74, 6) is 5.98. The maximum Gasteiger partial charge on any atom is 0.293 e. The Morgan fingerprint density at radius 1 is 1.25 bits per heavy atom. The zero-order chi connectivity index (χ0) is 9.07. The summed E-state index contributed by atoms with van der Waals surface area (Å²) >= 11 is 0. The minimum absolute atomic E-state index is 0.421. The first-order chi connectivity index (χ1) is 5.91. The second-order valence-electron chi connectivity index (χ2n) is 2.53. The maximum absolute atomic E-state index is 9.71. The van der Waals surface area contributed by atoms with Crippen molar-refractivity contribution in [2.24, 2.45) is 0 Å². The van der Waals surface area contributed by atoms with Gasteiger partial charge in [-0.15, -0.1) is 5.92 Å². The van der Waals surface area contributed by atoms with E-state index < -0.39 is 0 Å². The first-order valence-electron chi connectivity index (χ1n) is 4.42. The Bertz CT molecular complexity index is 153. The van der Waals surface area contributed by atoms with E-state index in [1.165, 1.54) is 19.3 Å². The highest BCUT2D eigenvalue weighted by atomic mass is 16.5. The van der Waals surface area contributed by atoms with Crippen molar-refractivity contribution in [1.29, 1.82) is 0 Å². The van der Waals surface area contributed by atoms with Gasteiger partial charge in [-0.25, -0.2) is 0 Å². The number of ether oxygens (including phenoxy) is 1. The number of unbranched alkanes of at least 4 members (excludes halogenated alkanes) is 3. The van der Waals surface area contributed by atoms with Gasteiger partial charge in [0.1, 0.15) is 6.61 Å². The van der Waals surface area contributed by atoms with Gasteiger partial charge < -0.3 is 4.74 Å². The first-order valence-corrected chi connectivity index (χ1v) is 4.42. The van der Waals surface area contributed by atoms with Crippen molar-refractivity contribution in [2.45, 2.75) is 39.0 Å². The highest BCUT2D eigenvalue weighted by Gasteiger charge is 1.81. The fourth-order valence-corrected chi connectivity index (χ4v) is 0.798. The first kappa shape index (κ1) is 11.0. The lowest BCUT2D eigenvalue weighted by molar-refractivity contribution is -0.128. The summed E-state index contributed by atoms with van der Waals surface area (Å²) in [6.07, 6.45) is 5.29. The third-order valence-electron chi connectivity index (χ3n) is 1.44. The van der Waals surface area contributed by atoms with Gasteiger partial charge in [0.15, 0.2) is 0 Å². The van der Waals surface area contributed by atoms with Crippen LogP contribution in [0.25, 0.3) is 0 Å². The van der Waals surface area contributed by atoms with Crippen LogP contribution < -0.4 is 0 Å². The molecule has 0 saturated heterocycles. The average molecular weight is 168 g/mol. The van der Waals surface area contributed by atoms with Gasteiger partial charge in [-0.1, -0.05) is 25.7 Å². The molecule has 0 aromatic carbocycles. The van der Waals surface area contributed by atoms with E-state index in [0.717, 1.165) is 6.42 Å². The molecule has 0 heterocycles. The smallest absolute Gasteiger partial charge is 0.293 e. The third-order valence-corrected chi connectivity index (χ3v) is 1.44. The number of hydrogen-bond donors (Lipinski definition) is 0. The van der Waals surface area contributed by atoms with Gasteiger partial charge in [-0.05, 0) is 6.42 Å². The molecule has 0 bridgehead atoms. The summed E-state index contributed by atoms with van der Waals surface area (Å²) in [6, 6.07) is 0. The van der Waals surface area contributed by atoms with Gasteiger partial charge in [0.2, 0.25) is 0 Å². The lowest BCUT2D eigenvalue weighted by Crippen LogP contribution is -1.88. The normalized spacial score (nSPS) is 8.42. The molecule has 2 nitrogen and oxygen atoms in total. The predicted molar refractivity (Wildman–Crippen MR) is 48.6 cm³/mol. The number of rotatable bonds is 6. The van der Waals surface area contributed by atoms with E-state index in [1.54, 1.807) is 0 Å². The molecule has 0 spiro atoms. The molecule has 0 atom stereocenters. The Morgan fingerprint density at radius 3 is 2.67 bits per heavy atom. The molecule has 0 aromatic heterocycles. The third kappa shape index (κ3) is 9.03. The van der Waals surface area contributed by atoms with E-state index in [9.17, 15) is 4.79 Å². The van der Waals surface area contributed by atoms with Crippen molar-refractivity contribution in [2.75, 3.05) is 6.61 Å². The van der Waals surface area contributed by atoms with E-state index in [-0.39, 0.29) is 0 Å². The van der Waals surface area contributed by atoms with Crippen molar-refractivity contribution in [1.82, 2.24) is 0 Å². The summed E-state index contributed by atoms with van der Waals surface area (Å²) in [7, 11) is 0. The fraction of sp³-hybridized carbons (Fsp3) is 0.700. The Balaban J connectivity index is 3.06. The van der Waals surface area contributed by atoms with Crippen LogP contribution in [0.3, 0.4) is 0 Å². The molecule has 0 aromatic rings. The van der Waals surface area contributed by atoms with Crippen LogP contribution in [0.15, 0.2) is 0 Å². The van der Waals surface area contributed by atoms with Crippen molar-refractivity contribution in [3.05, 3.63) is 0 Å². The number of carbonyl (C=O) groups is 1. The Labute approximate surface area is 74.3 Å². The van der Waals surface area contributed by atoms with E-state index in [1.807, 2.05) is 0 Å². The summed E-state index contributed by atoms with van der Waals surface area (Å²) < 4.78 is 4.48. The summed E-state index contributed by atoms with van der Waals surface area (Å²) in [6.45, 7) is 3.05. The van der Waals surface area contributed by atoms with Gasteiger partial charge in [0.05, 0.1) is 0 Å². The molecule has 12 heavy (non-hydrogen) atoms. The van der Waals surface area contributed by atoms with E-state index in [4.69, 9.17) is 0 Å². The molecule has 0 saturated carbocycles. The average Bonchev–Trinajstić information content (AvgIpc) is 2.10. The van der Waals surface area contributed by atoms with Gasteiger partial charge in [-0.2, -0.15) is 0 Å². The molecule has 0 amide bonds. The number of hydrogen-bond acceptors (Lipinski definition) is 2. The highest BCUT2D eigenvalue weighted by molar-refractivity contribution is 5.36. The van der Waals surface area contributed by atoms with Gasteiger partial charge in [0, 0.05) is 12.8 Å². The number of carbonyl (C=O) groups excluding carboxylic acids is 1. The molecular weight excluding hydrogens is 152 g/mol. The standard InChI is InChI=1S/C10H16O2/c1-2-3-4-5-6-7-8-9-12-10-11/h10H,2-5,8-9H2,1H3. The molecule has 0 N–H and O–H groups in total. The Kier molecular flexibility index (Phi) is 9.22. The Hall–Kier alpha value is -0.970. The van der Waals surface area contributed by atoms with Crippen molar-refractivity contribution >= 4 is 6.47 Å². The van der Waals surface area contributed by atoms with Gasteiger partial charge >= 0.3 is 0 Å². The SMILES string of the molecule is CCCCCC#CCCOC=O. The molecule has 0 rings (SSSR count). The van der Waals surface area contributed by atoms with E-state index in [0.29, 0.717) is 19.5 Å². The highest BCUT2D eigenvalue weighted by Crippen LogP contribution is 1.96. The van der Waals surface area contributed by atoms with E-state index in [2.05, 4.69) is 23.5 Å². The zero-order valence-electron chi connectivity index (χ0n) is 7.64. The van der Waals surface area contributed by atoms with Crippen LogP contribution in [-0.2, 0) is 9.53 Å². The van der Waals surface area contributed by atoms with Gasteiger partial charge in [-0.3, -0.25) is 4.79 Å². The lowest BCUT2D eigenvalue weighted by Gasteiger charge is -1.90. The molecule has 0 radical (unpaired) electrons. The topological polar surface area (TPSA) is 26.3 Å². The molecule has 0 fully saturated rings. The van der Waals surface area contributed by atoms with Crippen molar-refractivity contribution in [3.63, 3.8) is 0 Å². The fourth-order valence-electron chi connectivity index (χ4n) is 0.798.